The molecule has 1 aromatic carbocycles. The van der Waals surface area contributed by atoms with E-state index < -0.39 is 0 Å². The summed E-state index contributed by atoms with van der Waals surface area (Å²) in [6.45, 7) is 6.68. The largest absolute Gasteiger partial charge is 0.493 e. The lowest BCUT2D eigenvalue weighted by Gasteiger charge is -2.12. The van der Waals surface area contributed by atoms with Crippen LogP contribution in [0, 0.1) is 17.8 Å². The highest BCUT2D eigenvalue weighted by Crippen LogP contribution is 2.22. The normalized spacial score (nSPS) is 11.4. The third kappa shape index (κ3) is 5.36. The third-order valence-electron chi connectivity index (χ3n) is 2.78. The van der Waals surface area contributed by atoms with Crippen molar-refractivity contribution in [3.63, 3.8) is 0 Å². The van der Waals surface area contributed by atoms with Gasteiger partial charge in [0.25, 0.3) is 0 Å². The Labute approximate surface area is 121 Å². The van der Waals surface area contributed by atoms with E-state index in [1.54, 1.807) is 6.92 Å². The van der Waals surface area contributed by atoms with E-state index >= 15 is 0 Å². The number of rotatable bonds is 6. The highest BCUT2D eigenvalue weighted by atomic mass is 16.5. The molecule has 0 spiro atoms. The molecule has 0 heterocycles. The van der Waals surface area contributed by atoms with Crippen molar-refractivity contribution >= 4 is 5.97 Å². The first kappa shape index (κ1) is 16.1. The number of carbonyl (C=O) groups excluding carboxylic acids is 1. The summed E-state index contributed by atoms with van der Waals surface area (Å²) in [6.07, 6.45) is 0.267. The summed E-state index contributed by atoms with van der Waals surface area (Å²) in [5, 5.41) is 0. The van der Waals surface area contributed by atoms with Gasteiger partial charge in [-0.05, 0) is 30.5 Å². The fourth-order valence-electron chi connectivity index (χ4n) is 1.74. The molecular weight excluding hydrogens is 252 g/mol. The zero-order valence-electron chi connectivity index (χ0n) is 12.6. The van der Waals surface area contributed by atoms with Crippen LogP contribution in [-0.2, 0) is 9.53 Å². The summed E-state index contributed by atoms with van der Waals surface area (Å²) in [4.78, 5) is 11.4. The summed E-state index contributed by atoms with van der Waals surface area (Å²) < 4.78 is 10.3. The predicted octanol–water partition coefficient (Wildman–Crippen LogP) is 3.39. The number of carbonyl (C=O) groups is 1. The van der Waals surface area contributed by atoms with Gasteiger partial charge in [0.2, 0.25) is 0 Å². The van der Waals surface area contributed by atoms with E-state index in [1.165, 1.54) is 7.11 Å². The van der Waals surface area contributed by atoms with Crippen LogP contribution in [0.3, 0.4) is 0 Å². The molecule has 1 rings (SSSR count). The summed E-state index contributed by atoms with van der Waals surface area (Å²) in [5.41, 5.74) is 1.00. The van der Waals surface area contributed by atoms with Crippen LogP contribution in [-0.4, -0.2) is 19.7 Å². The van der Waals surface area contributed by atoms with Gasteiger partial charge in [-0.25, -0.2) is 0 Å². The molecule has 1 atom stereocenters. The van der Waals surface area contributed by atoms with Crippen LogP contribution in [0.2, 0.25) is 0 Å². The van der Waals surface area contributed by atoms with Gasteiger partial charge in [-0.1, -0.05) is 31.9 Å². The highest BCUT2D eigenvalue weighted by Gasteiger charge is 2.14. The summed E-state index contributed by atoms with van der Waals surface area (Å²) in [7, 11) is 1.39. The van der Waals surface area contributed by atoms with E-state index in [-0.39, 0.29) is 18.3 Å². The van der Waals surface area contributed by atoms with E-state index in [0.717, 1.165) is 11.3 Å². The van der Waals surface area contributed by atoms with Crippen molar-refractivity contribution in [2.75, 3.05) is 13.7 Å². The van der Waals surface area contributed by atoms with Gasteiger partial charge in [0.15, 0.2) is 0 Å². The van der Waals surface area contributed by atoms with Gasteiger partial charge in [-0.3, -0.25) is 4.79 Å². The maximum atomic E-state index is 11.4. The van der Waals surface area contributed by atoms with Crippen LogP contribution in [0.25, 0.3) is 0 Å². The quantitative estimate of drug-likeness (QED) is 0.589. The second kappa shape index (κ2) is 8.27. The van der Waals surface area contributed by atoms with Gasteiger partial charge < -0.3 is 9.47 Å². The Hall–Kier alpha value is -1.95. The second-order valence-corrected chi connectivity index (χ2v) is 5.00. The van der Waals surface area contributed by atoms with Gasteiger partial charge in [-0.15, -0.1) is 5.92 Å². The van der Waals surface area contributed by atoms with Crippen molar-refractivity contribution < 1.29 is 14.3 Å². The Morgan fingerprint density at radius 2 is 1.90 bits per heavy atom. The van der Waals surface area contributed by atoms with Gasteiger partial charge in [-0.2, -0.15) is 0 Å². The first-order valence-electron chi connectivity index (χ1n) is 6.78. The number of ether oxygens (including phenoxy) is 2. The number of hydrogen-bond donors (Lipinski definition) is 0. The smallest absolute Gasteiger partial charge is 0.307 e. The van der Waals surface area contributed by atoms with Crippen molar-refractivity contribution in [2.24, 2.45) is 5.92 Å². The molecule has 0 bridgehead atoms. The van der Waals surface area contributed by atoms with Crippen molar-refractivity contribution in [2.45, 2.75) is 33.1 Å². The average molecular weight is 274 g/mol. The lowest BCUT2D eigenvalue weighted by atomic mass is 9.96. The molecule has 0 saturated heterocycles. The third-order valence-corrected chi connectivity index (χ3v) is 2.78. The monoisotopic (exact) mass is 274 g/mol. The van der Waals surface area contributed by atoms with Crippen molar-refractivity contribution in [3.05, 3.63) is 29.8 Å². The Bertz CT molecular complexity index is 477. The van der Waals surface area contributed by atoms with Gasteiger partial charge in [0, 0.05) is 0 Å². The molecule has 0 amide bonds. The number of esters is 1. The van der Waals surface area contributed by atoms with Crippen molar-refractivity contribution in [3.8, 4) is 17.6 Å². The van der Waals surface area contributed by atoms with Crippen LogP contribution in [0.15, 0.2) is 24.3 Å². The van der Waals surface area contributed by atoms with E-state index in [4.69, 9.17) is 9.47 Å². The first-order valence-corrected chi connectivity index (χ1v) is 6.78. The van der Waals surface area contributed by atoms with E-state index in [1.807, 2.05) is 24.3 Å². The van der Waals surface area contributed by atoms with E-state index in [2.05, 4.69) is 25.7 Å². The molecule has 3 heteroatoms. The SMILES string of the molecule is CC#C[C@@H](CC(=O)OC)c1ccc(OCC(C)C)cc1. The molecule has 3 nitrogen and oxygen atoms in total. The van der Waals surface area contributed by atoms with Crippen LogP contribution >= 0.6 is 0 Å². The Morgan fingerprint density at radius 3 is 2.40 bits per heavy atom. The maximum absolute atomic E-state index is 11.4. The highest BCUT2D eigenvalue weighted by molar-refractivity contribution is 5.71. The molecule has 0 fully saturated rings. The standard InChI is InChI=1S/C17H22O3/c1-5-6-15(11-17(18)19-4)14-7-9-16(10-8-14)20-12-13(2)3/h7-10,13,15H,11-12H2,1-4H3/t15-/m0/s1. The number of methoxy groups -OCH3 is 1. The molecule has 0 aliphatic carbocycles. The summed E-state index contributed by atoms with van der Waals surface area (Å²) >= 11 is 0. The van der Waals surface area contributed by atoms with Gasteiger partial charge >= 0.3 is 5.97 Å². The molecule has 0 aliphatic rings. The van der Waals surface area contributed by atoms with Crippen molar-refractivity contribution in [1.29, 1.82) is 0 Å². The Morgan fingerprint density at radius 1 is 1.25 bits per heavy atom. The Balaban J connectivity index is 2.76. The molecule has 20 heavy (non-hydrogen) atoms. The number of benzene rings is 1. The Kier molecular flexibility index (Phi) is 6.66. The molecule has 1 aromatic rings. The van der Waals surface area contributed by atoms with E-state index in [9.17, 15) is 4.79 Å². The molecule has 0 aliphatic heterocycles. The van der Waals surface area contributed by atoms with Crippen LogP contribution < -0.4 is 4.74 Å². The second-order valence-electron chi connectivity index (χ2n) is 5.00. The molecule has 0 radical (unpaired) electrons. The molecule has 0 saturated carbocycles. The predicted molar refractivity (Wildman–Crippen MR) is 79.6 cm³/mol. The first-order chi connectivity index (χ1) is 9.56. The number of hydrogen-bond acceptors (Lipinski definition) is 3. The van der Waals surface area contributed by atoms with Gasteiger partial charge in [0.05, 0.1) is 26.1 Å². The fraction of sp³-hybridized carbons (Fsp3) is 0.471. The van der Waals surface area contributed by atoms with Crippen LogP contribution in [0.5, 0.6) is 5.75 Å². The molecule has 0 aromatic heterocycles. The maximum Gasteiger partial charge on any atom is 0.307 e. The van der Waals surface area contributed by atoms with Crippen molar-refractivity contribution in [1.82, 2.24) is 0 Å². The lowest BCUT2D eigenvalue weighted by molar-refractivity contribution is -0.140. The lowest BCUT2D eigenvalue weighted by Crippen LogP contribution is -2.08. The molecule has 0 N–H and O–H groups in total. The molecule has 0 unspecified atom stereocenters. The summed E-state index contributed by atoms with van der Waals surface area (Å²) in [5.74, 6) is 6.85. The molecule has 108 valence electrons. The van der Waals surface area contributed by atoms with Crippen LogP contribution in [0.4, 0.5) is 0 Å². The zero-order valence-corrected chi connectivity index (χ0v) is 12.6. The minimum absolute atomic E-state index is 0.133. The summed E-state index contributed by atoms with van der Waals surface area (Å²) in [6, 6.07) is 7.74. The van der Waals surface area contributed by atoms with Gasteiger partial charge in [0.1, 0.15) is 5.75 Å². The molecular formula is C17H22O3. The fourth-order valence-corrected chi connectivity index (χ4v) is 1.74. The van der Waals surface area contributed by atoms with Crippen LogP contribution in [0.1, 0.15) is 38.7 Å². The average Bonchev–Trinajstić information content (AvgIpc) is 2.45. The van der Waals surface area contributed by atoms with E-state index in [0.29, 0.717) is 12.5 Å². The zero-order chi connectivity index (χ0) is 15.0. The minimum atomic E-state index is -0.252. The minimum Gasteiger partial charge on any atom is -0.493 e. The topological polar surface area (TPSA) is 35.5 Å².